The molecule has 116 valence electrons. The Kier molecular flexibility index (Phi) is 5.44. The van der Waals surface area contributed by atoms with E-state index in [4.69, 9.17) is 9.47 Å². The quantitative estimate of drug-likeness (QED) is 0.817. The first-order valence-corrected chi connectivity index (χ1v) is 7.36. The van der Waals surface area contributed by atoms with Gasteiger partial charge in [-0.2, -0.15) is 0 Å². The summed E-state index contributed by atoms with van der Waals surface area (Å²) in [6, 6.07) is 4.73. The van der Waals surface area contributed by atoms with Gasteiger partial charge in [-0.05, 0) is 30.5 Å². The standard InChI is InChI=1S/C16H23NO4/c1-20-14-9-8-11(10-13(14)18)15(16(19)21-2)17-12-6-4-3-5-7-12/h8-10,12,15,17-18H,3-7H2,1-2H3. The van der Waals surface area contributed by atoms with Gasteiger partial charge in [0.2, 0.25) is 0 Å². The first kappa shape index (κ1) is 15.6. The molecule has 0 amide bonds. The monoisotopic (exact) mass is 293 g/mol. The number of rotatable bonds is 5. The van der Waals surface area contributed by atoms with E-state index in [1.165, 1.54) is 33.5 Å². The number of phenols is 1. The Morgan fingerprint density at radius 3 is 2.57 bits per heavy atom. The van der Waals surface area contributed by atoms with Crippen LogP contribution in [0.3, 0.4) is 0 Å². The number of carbonyl (C=O) groups is 1. The second kappa shape index (κ2) is 7.31. The molecule has 0 aliphatic heterocycles. The zero-order valence-electron chi connectivity index (χ0n) is 12.6. The normalized spacial score (nSPS) is 17.2. The predicted molar refractivity (Wildman–Crippen MR) is 79.4 cm³/mol. The topological polar surface area (TPSA) is 67.8 Å². The SMILES string of the molecule is COC(=O)C(NC1CCCCC1)c1ccc(OC)c(O)c1. The fraction of sp³-hybridized carbons (Fsp3) is 0.562. The van der Waals surface area contributed by atoms with Crippen molar-refractivity contribution in [3.05, 3.63) is 23.8 Å². The third-order valence-corrected chi connectivity index (χ3v) is 3.98. The lowest BCUT2D eigenvalue weighted by atomic mass is 9.94. The van der Waals surface area contributed by atoms with E-state index in [-0.39, 0.29) is 11.7 Å². The number of hydrogen-bond donors (Lipinski definition) is 2. The van der Waals surface area contributed by atoms with Crippen LogP contribution in [0, 0.1) is 0 Å². The summed E-state index contributed by atoms with van der Waals surface area (Å²) in [5.41, 5.74) is 0.686. The lowest BCUT2D eigenvalue weighted by Gasteiger charge is -2.27. The number of phenolic OH excluding ortho intramolecular Hbond substituents is 1. The molecule has 1 aromatic rings. The van der Waals surface area contributed by atoms with Crippen LogP contribution >= 0.6 is 0 Å². The van der Waals surface area contributed by atoms with Crippen molar-refractivity contribution in [2.75, 3.05) is 14.2 Å². The van der Waals surface area contributed by atoms with Crippen LogP contribution in [0.1, 0.15) is 43.7 Å². The predicted octanol–water partition coefficient (Wildman–Crippen LogP) is 2.54. The number of esters is 1. The lowest BCUT2D eigenvalue weighted by molar-refractivity contribution is -0.143. The molecule has 5 heteroatoms. The smallest absolute Gasteiger partial charge is 0.327 e. The van der Waals surface area contributed by atoms with Crippen LogP contribution in [0.15, 0.2) is 18.2 Å². The molecule has 1 atom stereocenters. The number of carbonyl (C=O) groups excluding carboxylic acids is 1. The molecule has 2 N–H and O–H groups in total. The number of methoxy groups -OCH3 is 2. The van der Waals surface area contributed by atoms with Gasteiger partial charge in [-0.15, -0.1) is 0 Å². The molecule has 1 aromatic carbocycles. The Labute approximate surface area is 125 Å². The Balaban J connectivity index is 2.18. The van der Waals surface area contributed by atoms with Crippen LogP contribution in [0.5, 0.6) is 11.5 Å². The lowest BCUT2D eigenvalue weighted by Crippen LogP contribution is -2.38. The summed E-state index contributed by atoms with van der Waals surface area (Å²) in [6.07, 6.45) is 5.74. The minimum Gasteiger partial charge on any atom is -0.504 e. The van der Waals surface area contributed by atoms with E-state index in [0.29, 0.717) is 17.4 Å². The largest absolute Gasteiger partial charge is 0.504 e. The molecule has 5 nitrogen and oxygen atoms in total. The molecule has 1 unspecified atom stereocenters. The highest BCUT2D eigenvalue weighted by Crippen LogP contribution is 2.30. The molecule has 1 fully saturated rings. The van der Waals surface area contributed by atoms with Gasteiger partial charge >= 0.3 is 5.97 Å². The fourth-order valence-electron chi connectivity index (χ4n) is 2.81. The molecule has 1 aliphatic rings. The summed E-state index contributed by atoms with van der Waals surface area (Å²) in [5.74, 6) is 0.0690. The molecular formula is C16H23NO4. The summed E-state index contributed by atoms with van der Waals surface area (Å²) in [4.78, 5) is 12.1. The summed E-state index contributed by atoms with van der Waals surface area (Å²) in [7, 11) is 2.87. The van der Waals surface area contributed by atoms with Gasteiger partial charge in [-0.1, -0.05) is 25.3 Å². The van der Waals surface area contributed by atoms with Crippen molar-refractivity contribution < 1.29 is 19.4 Å². The van der Waals surface area contributed by atoms with Gasteiger partial charge in [-0.3, -0.25) is 5.32 Å². The van der Waals surface area contributed by atoms with Crippen LogP contribution in [0.25, 0.3) is 0 Å². The van der Waals surface area contributed by atoms with E-state index in [9.17, 15) is 9.90 Å². The highest BCUT2D eigenvalue weighted by Gasteiger charge is 2.26. The third-order valence-electron chi connectivity index (χ3n) is 3.98. The van der Waals surface area contributed by atoms with Gasteiger partial charge in [0.1, 0.15) is 6.04 Å². The molecular weight excluding hydrogens is 270 g/mol. The van der Waals surface area contributed by atoms with Crippen LogP contribution in [-0.2, 0) is 9.53 Å². The van der Waals surface area contributed by atoms with Crippen molar-refractivity contribution in [3.63, 3.8) is 0 Å². The third kappa shape index (κ3) is 3.88. The first-order valence-electron chi connectivity index (χ1n) is 7.36. The number of ether oxygens (including phenoxy) is 2. The number of nitrogens with one attached hydrogen (secondary N) is 1. The highest BCUT2D eigenvalue weighted by molar-refractivity contribution is 5.78. The molecule has 1 aliphatic carbocycles. The number of hydrogen-bond acceptors (Lipinski definition) is 5. The van der Waals surface area contributed by atoms with Crippen molar-refractivity contribution >= 4 is 5.97 Å². The van der Waals surface area contributed by atoms with Crippen LogP contribution < -0.4 is 10.1 Å². The second-order valence-electron chi connectivity index (χ2n) is 5.39. The Hall–Kier alpha value is -1.75. The maximum absolute atomic E-state index is 12.1. The first-order chi connectivity index (χ1) is 10.2. The van der Waals surface area contributed by atoms with Gasteiger partial charge < -0.3 is 14.6 Å². The number of benzene rings is 1. The fourth-order valence-corrected chi connectivity index (χ4v) is 2.81. The molecule has 0 bridgehead atoms. The molecule has 0 saturated heterocycles. The van der Waals surface area contributed by atoms with Gasteiger partial charge in [0.25, 0.3) is 0 Å². The zero-order chi connectivity index (χ0) is 15.2. The van der Waals surface area contributed by atoms with E-state index >= 15 is 0 Å². The summed E-state index contributed by atoms with van der Waals surface area (Å²) in [5, 5.41) is 13.3. The van der Waals surface area contributed by atoms with Crippen LogP contribution in [-0.4, -0.2) is 31.3 Å². The Morgan fingerprint density at radius 2 is 2.00 bits per heavy atom. The molecule has 0 heterocycles. The van der Waals surface area contributed by atoms with Crippen molar-refractivity contribution in [2.24, 2.45) is 0 Å². The zero-order valence-corrected chi connectivity index (χ0v) is 12.6. The average molecular weight is 293 g/mol. The van der Waals surface area contributed by atoms with Crippen molar-refractivity contribution in [1.29, 1.82) is 0 Å². The maximum atomic E-state index is 12.1. The average Bonchev–Trinajstić information content (AvgIpc) is 2.53. The summed E-state index contributed by atoms with van der Waals surface area (Å²) < 4.78 is 9.92. The minimum atomic E-state index is -0.560. The van der Waals surface area contributed by atoms with Gasteiger partial charge in [-0.25, -0.2) is 4.79 Å². The van der Waals surface area contributed by atoms with Gasteiger partial charge in [0.05, 0.1) is 14.2 Å². The number of aromatic hydroxyl groups is 1. The van der Waals surface area contributed by atoms with Crippen LogP contribution in [0.4, 0.5) is 0 Å². The Morgan fingerprint density at radius 1 is 1.29 bits per heavy atom. The minimum absolute atomic E-state index is 0.0225. The molecule has 1 saturated carbocycles. The van der Waals surface area contributed by atoms with Crippen molar-refractivity contribution in [2.45, 2.75) is 44.2 Å². The molecule has 21 heavy (non-hydrogen) atoms. The Bertz CT molecular complexity index is 483. The summed E-state index contributed by atoms with van der Waals surface area (Å²) >= 11 is 0. The van der Waals surface area contributed by atoms with Crippen molar-refractivity contribution in [1.82, 2.24) is 5.32 Å². The van der Waals surface area contributed by atoms with E-state index in [1.807, 2.05) is 0 Å². The van der Waals surface area contributed by atoms with Crippen molar-refractivity contribution in [3.8, 4) is 11.5 Å². The van der Waals surface area contributed by atoms with E-state index in [1.54, 1.807) is 18.2 Å². The van der Waals surface area contributed by atoms with E-state index < -0.39 is 6.04 Å². The molecule has 0 aromatic heterocycles. The van der Waals surface area contributed by atoms with Gasteiger partial charge in [0.15, 0.2) is 11.5 Å². The molecule has 0 spiro atoms. The van der Waals surface area contributed by atoms with Crippen LogP contribution in [0.2, 0.25) is 0 Å². The maximum Gasteiger partial charge on any atom is 0.327 e. The van der Waals surface area contributed by atoms with E-state index in [2.05, 4.69) is 5.32 Å². The summed E-state index contributed by atoms with van der Waals surface area (Å²) in [6.45, 7) is 0. The van der Waals surface area contributed by atoms with E-state index in [0.717, 1.165) is 12.8 Å². The second-order valence-corrected chi connectivity index (χ2v) is 5.39. The van der Waals surface area contributed by atoms with Gasteiger partial charge in [0, 0.05) is 6.04 Å². The highest BCUT2D eigenvalue weighted by atomic mass is 16.5. The molecule has 2 rings (SSSR count). The molecule has 0 radical (unpaired) electrons.